The van der Waals surface area contributed by atoms with Gasteiger partial charge in [0.15, 0.2) is 0 Å². The van der Waals surface area contributed by atoms with Crippen molar-refractivity contribution in [1.29, 1.82) is 0 Å². The van der Waals surface area contributed by atoms with E-state index in [9.17, 15) is 4.79 Å². The second-order valence-electron chi connectivity index (χ2n) is 2.08. The van der Waals surface area contributed by atoms with Crippen LogP contribution in [0.5, 0.6) is 0 Å². The molecule has 0 aromatic rings. The summed E-state index contributed by atoms with van der Waals surface area (Å²) in [5.74, 6) is 0. The summed E-state index contributed by atoms with van der Waals surface area (Å²) >= 11 is 4.56. The summed E-state index contributed by atoms with van der Waals surface area (Å²) in [6.45, 7) is 2.90. The Morgan fingerprint density at radius 2 is 2.18 bits per heavy atom. The molecule has 0 radical (unpaired) electrons. The van der Waals surface area contributed by atoms with Crippen molar-refractivity contribution in [1.82, 2.24) is 10.6 Å². The van der Waals surface area contributed by atoms with Crippen LogP contribution in [-0.2, 0) is 0 Å². The number of amides is 2. The van der Waals surface area contributed by atoms with Crippen LogP contribution in [0.15, 0.2) is 0 Å². The first-order chi connectivity index (χ1) is 5.16. The van der Waals surface area contributed by atoms with Crippen molar-refractivity contribution < 1.29 is 4.79 Å². The molecule has 0 aliphatic carbocycles. The quantitative estimate of drug-likeness (QED) is 0.526. The van der Waals surface area contributed by atoms with E-state index in [1.165, 1.54) is 0 Å². The molecule has 11 heavy (non-hydrogen) atoms. The fourth-order valence-corrected chi connectivity index (χ4v) is 0.541. The number of hydrogen-bond acceptors (Lipinski definition) is 2. The molecule has 0 rings (SSSR count). The van der Waals surface area contributed by atoms with Gasteiger partial charge in [-0.1, -0.05) is 19.1 Å². The lowest BCUT2D eigenvalue weighted by atomic mass is 10.5. The average Bonchev–Trinajstić information content (AvgIpc) is 1.97. The summed E-state index contributed by atoms with van der Waals surface area (Å²) in [4.78, 5) is 11.1. The summed E-state index contributed by atoms with van der Waals surface area (Å²) in [5.41, 5.74) is 5.16. The molecule has 0 saturated carbocycles. The second-order valence-corrected chi connectivity index (χ2v) is 2.60. The lowest BCUT2D eigenvalue weighted by Gasteiger charge is -2.04. The molecule has 4 nitrogen and oxygen atoms in total. The molecule has 0 fully saturated rings. The lowest BCUT2D eigenvalue weighted by molar-refractivity contribution is 0.242. The molecule has 5 heteroatoms. The minimum absolute atomic E-state index is 0.223. The molecule has 2 amide bonds. The normalized spacial score (nSPS) is 8.82. The summed E-state index contributed by atoms with van der Waals surface area (Å²) in [6.07, 6.45) is 0.917. The predicted octanol–water partition coefficient (Wildman–Crippen LogP) is -0.0183. The SMILES string of the molecule is CCCNC(=O)NCC(N)=S. The Bertz CT molecular complexity index is 149. The second kappa shape index (κ2) is 5.91. The van der Waals surface area contributed by atoms with Crippen molar-refractivity contribution in [3.05, 3.63) is 0 Å². The zero-order chi connectivity index (χ0) is 8.69. The molecule has 64 valence electrons. The number of thiocarbonyl (C=S) groups is 1. The zero-order valence-electron chi connectivity index (χ0n) is 6.52. The highest BCUT2D eigenvalue weighted by atomic mass is 32.1. The maximum atomic E-state index is 10.8. The first kappa shape index (κ1) is 10.2. The molecular formula is C6H13N3OS. The minimum atomic E-state index is -0.223. The van der Waals surface area contributed by atoms with Gasteiger partial charge in [-0.05, 0) is 6.42 Å². The molecule has 0 saturated heterocycles. The third kappa shape index (κ3) is 7.05. The topological polar surface area (TPSA) is 67.2 Å². The maximum Gasteiger partial charge on any atom is 0.315 e. The van der Waals surface area contributed by atoms with Crippen LogP contribution in [0.3, 0.4) is 0 Å². The van der Waals surface area contributed by atoms with E-state index in [0.717, 1.165) is 6.42 Å². The van der Waals surface area contributed by atoms with Gasteiger partial charge in [0.05, 0.1) is 11.5 Å². The van der Waals surface area contributed by atoms with E-state index in [-0.39, 0.29) is 17.6 Å². The minimum Gasteiger partial charge on any atom is -0.392 e. The molecule has 4 N–H and O–H groups in total. The summed E-state index contributed by atoms with van der Waals surface area (Å²) in [7, 11) is 0. The van der Waals surface area contributed by atoms with E-state index in [0.29, 0.717) is 6.54 Å². The van der Waals surface area contributed by atoms with E-state index in [2.05, 4.69) is 22.9 Å². The van der Waals surface area contributed by atoms with Crippen molar-refractivity contribution in [2.75, 3.05) is 13.1 Å². The van der Waals surface area contributed by atoms with Gasteiger partial charge in [-0.25, -0.2) is 4.79 Å². The fraction of sp³-hybridized carbons (Fsp3) is 0.667. The van der Waals surface area contributed by atoms with E-state index in [4.69, 9.17) is 5.73 Å². The van der Waals surface area contributed by atoms with E-state index >= 15 is 0 Å². The monoisotopic (exact) mass is 175 g/mol. The molecule has 0 aromatic heterocycles. The van der Waals surface area contributed by atoms with Gasteiger partial charge in [0.2, 0.25) is 0 Å². The largest absolute Gasteiger partial charge is 0.392 e. The molecular weight excluding hydrogens is 162 g/mol. The van der Waals surface area contributed by atoms with Crippen molar-refractivity contribution in [2.45, 2.75) is 13.3 Å². The van der Waals surface area contributed by atoms with Crippen LogP contribution in [0.4, 0.5) is 4.79 Å². The highest BCUT2D eigenvalue weighted by Crippen LogP contribution is 1.70. The Labute approximate surface area is 71.5 Å². The molecule has 0 aliphatic heterocycles. The van der Waals surface area contributed by atoms with Gasteiger partial charge in [0.25, 0.3) is 0 Å². The number of carbonyl (C=O) groups excluding carboxylic acids is 1. The zero-order valence-corrected chi connectivity index (χ0v) is 7.33. The van der Waals surface area contributed by atoms with Gasteiger partial charge in [-0.15, -0.1) is 0 Å². The van der Waals surface area contributed by atoms with Gasteiger partial charge >= 0.3 is 6.03 Å². The Balaban J connectivity index is 3.30. The molecule has 0 atom stereocenters. The number of nitrogens with two attached hydrogens (primary N) is 1. The van der Waals surface area contributed by atoms with Crippen LogP contribution in [0.2, 0.25) is 0 Å². The number of nitrogens with one attached hydrogen (secondary N) is 2. The number of urea groups is 1. The fourth-order valence-electron chi connectivity index (χ4n) is 0.468. The van der Waals surface area contributed by atoms with E-state index < -0.39 is 0 Å². The van der Waals surface area contributed by atoms with E-state index in [1.807, 2.05) is 6.92 Å². The van der Waals surface area contributed by atoms with Crippen molar-refractivity contribution in [2.24, 2.45) is 5.73 Å². The van der Waals surface area contributed by atoms with Gasteiger partial charge in [0, 0.05) is 6.54 Å². The number of carbonyl (C=O) groups is 1. The van der Waals surface area contributed by atoms with Crippen molar-refractivity contribution in [3.8, 4) is 0 Å². The average molecular weight is 175 g/mol. The third-order valence-electron chi connectivity index (χ3n) is 0.959. The maximum absolute atomic E-state index is 10.8. The highest BCUT2D eigenvalue weighted by molar-refractivity contribution is 7.80. The molecule has 0 spiro atoms. The standard InChI is InChI=1S/C6H13N3OS/c1-2-3-8-6(10)9-4-5(7)11/h2-4H2,1H3,(H2,7,11)(H2,8,9,10). The van der Waals surface area contributed by atoms with Crippen LogP contribution in [0.25, 0.3) is 0 Å². The molecule has 0 bridgehead atoms. The van der Waals surface area contributed by atoms with Crippen LogP contribution in [0.1, 0.15) is 13.3 Å². The van der Waals surface area contributed by atoms with Gasteiger partial charge in [-0.3, -0.25) is 0 Å². The summed E-state index contributed by atoms with van der Waals surface area (Å²) in [6, 6.07) is -0.223. The molecule has 0 aliphatic rings. The number of rotatable bonds is 4. The Kier molecular flexibility index (Phi) is 5.46. The Morgan fingerprint density at radius 1 is 1.55 bits per heavy atom. The highest BCUT2D eigenvalue weighted by Gasteiger charge is 1.96. The van der Waals surface area contributed by atoms with Crippen LogP contribution in [-0.4, -0.2) is 24.1 Å². The van der Waals surface area contributed by atoms with Gasteiger partial charge in [0.1, 0.15) is 0 Å². The third-order valence-corrected chi connectivity index (χ3v) is 1.10. The smallest absolute Gasteiger partial charge is 0.315 e. The number of hydrogen-bond donors (Lipinski definition) is 3. The Morgan fingerprint density at radius 3 is 2.64 bits per heavy atom. The van der Waals surface area contributed by atoms with Gasteiger partial charge < -0.3 is 16.4 Å². The van der Waals surface area contributed by atoms with Crippen LogP contribution in [0, 0.1) is 0 Å². The van der Waals surface area contributed by atoms with Crippen molar-refractivity contribution in [3.63, 3.8) is 0 Å². The predicted molar refractivity (Wildman–Crippen MR) is 48.5 cm³/mol. The van der Waals surface area contributed by atoms with Crippen LogP contribution >= 0.6 is 12.2 Å². The van der Waals surface area contributed by atoms with Crippen LogP contribution < -0.4 is 16.4 Å². The van der Waals surface area contributed by atoms with E-state index in [1.54, 1.807) is 0 Å². The lowest BCUT2D eigenvalue weighted by Crippen LogP contribution is -2.40. The molecule has 0 aromatic carbocycles. The summed E-state index contributed by atoms with van der Waals surface area (Å²) in [5, 5.41) is 5.12. The Hall–Kier alpha value is -0.840. The van der Waals surface area contributed by atoms with Crippen molar-refractivity contribution >= 4 is 23.2 Å². The summed E-state index contributed by atoms with van der Waals surface area (Å²) < 4.78 is 0. The molecule has 0 heterocycles. The van der Waals surface area contributed by atoms with Gasteiger partial charge in [-0.2, -0.15) is 0 Å². The first-order valence-corrected chi connectivity index (χ1v) is 3.87. The molecule has 0 unspecified atom stereocenters. The first-order valence-electron chi connectivity index (χ1n) is 3.46.